The minimum atomic E-state index is -0.997. The molecule has 2 aromatic rings. The van der Waals surface area contributed by atoms with Crippen LogP contribution in [0.25, 0.3) is 11.3 Å². The molecular weight excluding hydrogens is 231 g/mol. The number of rotatable bonds is 2. The van der Waals surface area contributed by atoms with Gasteiger partial charge in [0.1, 0.15) is 17.5 Å². The molecule has 0 spiro atoms. The van der Waals surface area contributed by atoms with Crippen LogP contribution in [0.15, 0.2) is 30.3 Å². The number of nitrogens with zero attached hydrogens (tertiary/aromatic N) is 1. The molecule has 0 amide bonds. The van der Waals surface area contributed by atoms with Crippen LogP contribution in [0, 0.1) is 17.5 Å². The van der Waals surface area contributed by atoms with E-state index in [0.717, 1.165) is 0 Å². The number of ether oxygens (including phenoxy) is 1. The minimum Gasteiger partial charge on any atom is -0.481 e. The monoisotopic (exact) mass is 239 g/mol. The lowest BCUT2D eigenvalue weighted by Gasteiger charge is -2.06. The van der Waals surface area contributed by atoms with Crippen molar-refractivity contribution in [2.45, 2.75) is 0 Å². The van der Waals surface area contributed by atoms with E-state index in [4.69, 9.17) is 4.74 Å². The Kier molecular flexibility index (Phi) is 2.99. The van der Waals surface area contributed by atoms with Gasteiger partial charge >= 0.3 is 0 Å². The van der Waals surface area contributed by atoms with Gasteiger partial charge in [0, 0.05) is 18.2 Å². The molecule has 5 heteroatoms. The summed E-state index contributed by atoms with van der Waals surface area (Å²) >= 11 is 0. The highest BCUT2D eigenvalue weighted by molar-refractivity contribution is 5.61. The van der Waals surface area contributed by atoms with Crippen LogP contribution < -0.4 is 4.74 Å². The van der Waals surface area contributed by atoms with Gasteiger partial charge in [0.25, 0.3) is 0 Å². The Morgan fingerprint density at radius 3 is 2.29 bits per heavy atom. The third kappa shape index (κ3) is 2.22. The first-order valence-corrected chi connectivity index (χ1v) is 4.78. The second-order valence-corrected chi connectivity index (χ2v) is 3.31. The summed E-state index contributed by atoms with van der Waals surface area (Å²) < 4.78 is 44.5. The molecule has 17 heavy (non-hydrogen) atoms. The van der Waals surface area contributed by atoms with Crippen LogP contribution in [0.2, 0.25) is 0 Å². The Balaban J connectivity index is 2.60. The zero-order chi connectivity index (χ0) is 12.4. The Morgan fingerprint density at radius 1 is 1.06 bits per heavy atom. The van der Waals surface area contributed by atoms with E-state index in [9.17, 15) is 13.2 Å². The normalized spacial score (nSPS) is 10.4. The average Bonchev–Trinajstić information content (AvgIpc) is 2.28. The molecular formula is C12H8F3NO. The summed E-state index contributed by atoms with van der Waals surface area (Å²) in [6.45, 7) is 0. The lowest BCUT2D eigenvalue weighted by atomic mass is 10.1. The van der Waals surface area contributed by atoms with E-state index >= 15 is 0 Å². The molecule has 1 heterocycles. The fourth-order valence-corrected chi connectivity index (χ4v) is 1.45. The summed E-state index contributed by atoms with van der Waals surface area (Å²) in [5.41, 5.74) is -0.315. The Hall–Kier alpha value is -2.04. The number of benzene rings is 1. The van der Waals surface area contributed by atoms with E-state index < -0.39 is 17.5 Å². The quantitative estimate of drug-likeness (QED) is 0.803. The highest BCUT2D eigenvalue weighted by Gasteiger charge is 2.15. The second-order valence-electron chi connectivity index (χ2n) is 3.31. The van der Waals surface area contributed by atoms with Crippen molar-refractivity contribution in [3.05, 3.63) is 47.8 Å². The van der Waals surface area contributed by atoms with Crippen LogP contribution in [0.4, 0.5) is 13.2 Å². The summed E-state index contributed by atoms with van der Waals surface area (Å²) in [6.07, 6.45) is 0. The van der Waals surface area contributed by atoms with Crippen molar-refractivity contribution in [1.82, 2.24) is 4.98 Å². The van der Waals surface area contributed by atoms with E-state index in [1.54, 1.807) is 12.1 Å². The zero-order valence-electron chi connectivity index (χ0n) is 8.88. The first-order chi connectivity index (χ1) is 8.11. The number of hydrogen-bond donors (Lipinski definition) is 0. The third-order valence-corrected chi connectivity index (χ3v) is 2.20. The van der Waals surface area contributed by atoms with E-state index in [1.165, 1.54) is 13.2 Å². The van der Waals surface area contributed by atoms with Gasteiger partial charge in [-0.15, -0.1) is 0 Å². The van der Waals surface area contributed by atoms with Gasteiger partial charge in [-0.05, 0) is 6.07 Å². The maximum Gasteiger partial charge on any atom is 0.213 e. The summed E-state index contributed by atoms with van der Waals surface area (Å²) in [5.74, 6) is -2.73. The third-order valence-electron chi connectivity index (χ3n) is 2.20. The molecule has 0 unspecified atom stereocenters. The zero-order valence-corrected chi connectivity index (χ0v) is 8.88. The first kappa shape index (κ1) is 11.4. The largest absolute Gasteiger partial charge is 0.481 e. The fraction of sp³-hybridized carbons (Fsp3) is 0.0833. The molecule has 0 aliphatic carbocycles. The molecule has 0 N–H and O–H groups in total. The standard InChI is InChI=1S/C12H8F3NO/c1-17-11-4-2-3-10(16-11)12-8(14)5-7(13)6-9(12)15/h2-6H,1H3. The van der Waals surface area contributed by atoms with Crippen LogP contribution in [-0.4, -0.2) is 12.1 Å². The van der Waals surface area contributed by atoms with E-state index in [2.05, 4.69) is 4.98 Å². The van der Waals surface area contributed by atoms with E-state index in [1.807, 2.05) is 0 Å². The van der Waals surface area contributed by atoms with Crippen molar-refractivity contribution in [2.24, 2.45) is 0 Å². The number of pyridine rings is 1. The molecule has 0 aliphatic rings. The van der Waals surface area contributed by atoms with Crippen molar-refractivity contribution in [2.75, 3.05) is 7.11 Å². The van der Waals surface area contributed by atoms with E-state index in [0.29, 0.717) is 12.1 Å². The molecule has 1 aromatic heterocycles. The maximum atomic E-state index is 13.5. The summed E-state index contributed by atoms with van der Waals surface area (Å²) in [6, 6.07) is 5.73. The molecule has 0 fully saturated rings. The van der Waals surface area contributed by atoms with Gasteiger partial charge in [-0.3, -0.25) is 0 Å². The van der Waals surface area contributed by atoms with Crippen LogP contribution in [0.3, 0.4) is 0 Å². The SMILES string of the molecule is COc1cccc(-c2c(F)cc(F)cc2F)n1. The van der Waals surface area contributed by atoms with Crippen LogP contribution in [-0.2, 0) is 0 Å². The predicted octanol–water partition coefficient (Wildman–Crippen LogP) is 3.17. The Labute approximate surface area is 95.7 Å². The van der Waals surface area contributed by atoms with Gasteiger partial charge in [-0.2, -0.15) is 0 Å². The van der Waals surface area contributed by atoms with E-state index in [-0.39, 0.29) is 17.1 Å². The lowest BCUT2D eigenvalue weighted by molar-refractivity contribution is 0.398. The number of aromatic nitrogens is 1. The number of halogens is 3. The molecule has 2 nitrogen and oxygen atoms in total. The lowest BCUT2D eigenvalue weighted by Crippen LogP contribution is -1.96. The molecule has 2 rings (SSSR count). The highest BCUT2D eigenvalue weighted by atomic mass is 19.1. The first-order valence-electron chi connectivity index (χ1n) is 4.78. The fourth-order valence-electron chi connectivity index (χ4n) is 1.45. The summed E-state index contributed by atoms with van der Waals surface area (Å²) in [4.78, 5) is 3.89. The number of methoxy groups -OCH3 is 1. The Bertz CT molecular complexity index is 534. The van der Waals surface area contributed by atoms with Crippen molar-refractivity contribution in [3.8, 4) is 17.1 Å². The molecule has 0 atom stereocenters. The maximum absolute atomic E-state index is 13.5. The van der Waals surface area contributed by atoms with Gasteiger partial charge in [0.2, 0.25) is 5.88 Å². The molecule has 0 aliphatic heterocycles. The van der Waals surface area contributed by atoms with Crippen molar-refractivity contribution < 1.29 is 17.9 Å². The van der Waals surface area contributed by atoms with Gasteiger partial charge in [-0.1, -0.05) is 6.07 Å². The average molecular weight is 239 g/mol. The van der Waals surface area contributed by atoms with Crippen molar-refractivity contribution >= 4 is 0 Å². The molecule has 88 valence electrons. The van der Waals surface area contributed by atoms with Crippen molar-refractivity contribution in [1.29, 1.82) is 0 Å². The number of hydrogen-bond acceptors (Lipinski definition) is 2. The molecule has 0 bridgehead atoms. The van der Waals surface area contributed by atoms with Crippen molar-refractivity contribution in [3.63, 3.8) is 0 Å². The van der Waals surface area contributed by atoms with Crippen LogP contribution in [0.1, 0.15) is 0 Å². The van der Waals surface area contributed by atoms with Crippen LogP contribution in [0.5, 0.6) is 5.88 Å². The smallest absolute Gasteiger partial charge is 0.213 e. The van der Waals surface area contributed by atoms with Gasteiger partial charge in [0.15, 0.2) is 0 Å². The molecule has 0 saturated carbocycles. The molecule has 0 radical (unpaired) electrons. The minimum absolute atomic E-state index is 0.0550. The van der Waals surface area contributed by atoms with Gasteiger partial charge < -0.3 is 4.74 Å². The molecule has 1 aromatic carbocycles. The van der Waals surface area contributed by atoms with Gasteiger partial charge in [0.05, 0.1) is 18.4 Å². The summed E-state index contributed by atoms with van der Waals surface area (Å²) in [7, 11) is 1.39. The highest BCUT2D eigenvalue weighted by Crippen LogP contribution is 2.26. The predicted molar refractivity (Wildman–Crippen MR) is 56.1 cm³/mol. The second kappa shape index (κ2) is 4.45. The van der Waals surface area contributed by atoms with Gasteiger partial charge in [-0.25, -0.2) is 18.2 Å². The topological polar surface area (TPSA) is 22.1 Å². The molecule has 0 saturated heterocycles. The Morgan fingerprint density at radius 2 is 1.71 bits per heavy atom. The van der Waals surface area contributed by atoms with Crippen LogP contribution >= 0.6 is 0 Å². The summed E-state index contributed by atoms with van der Waals surface area (Å²) in [5, 5.41) is 0.